The molecule has 27 heavy (non-hydrogen) atoms. The van der Waals surface area contributed by atoms with Crippen molar-refractivity contribution >= 4 is 34.8 Å². The molecule has 0 N–H and O–H groups in total. The van der Waals surface area contributed by atoms with Gasteiger partial charge in [-0.15, -0.1) is 0 Å². The lowest BCUT2D eigenvalue weighted by atomic mass is 9.93. The van der Waals surface area contributed by atoms with E-state index in [1.165, 1.54) is 0 Å². The second-order valence-electron chi connectivity index (χ2n) is 6.60. The average molecular weight is 397 g/mol. The number of benzene rings is 3. The molecule has 4 rings (SSSR count). The quantitative estimate of drug-likeness (QED) is 0.579. The van der Waals surface area contributed by atoms with Crippen molar-refractivity contribution < 1.29 is 4.79 Å². The van der Waals surface area contributed by atoms with E-state index in [1.807, 2.05) is 72.7 Å². The van der Waals surface area contributed by atoms with Gasteiger partial charge in [0.2, 0.25) is 0 Å². The normalized spacial score (nSPS) is 16.1. The molecule has 0 fully saturated rings. The number of nitrogens with zero attached hydrogens (tertiary/aromatic N) is 2. The minimum Gasteiger partial charge on any atom is -0.272 e. The van der Waals surface area contributed by atoms with Crippen molar-refractivity contribution in [2.24, 2.45) is 0 Å². The number of para-hydroxylation sites is 1. The molecule has 1 aliphatic heterocycles. The second-order valence-corrected chi connectivity index (χ2v) is 7.45. The maximum Gasteiger partial charge on any atom is 0.253 e. The minimum atomic E-state index is -0.306. The molecule has 3 aromatic carbocycles. The summed E-state index contributed by atoms with van der Waals surface area (Å²) in [5.74, 6) is -0.275. The molecule has 3 aromatic rings. The Balaban J connectivity index is 1.71. The molecule has 0 aliphatic carbocycles. The van der Waals surface area contributed by atoms with Gasteiger partial charge in [0.25, 0.3) is 5.91 Å². The fourth-order valence-corrected chi connectivity index (χ4v) is 3.97. The molecule has 0 unspecified atom stereocenters. The smallest absolute Gasteiger partial charge is 0.253 e. The lowest BCUT2D eigenvalue weighted by Gasteiger charge is -2.29. The van der Waals surface area contributed by atoms with Crippen LogP contribution in [-0.4, -0.2) is 18.0 Å². The van der Waals surface area contributed by atoms with Gasteiger partial charge < -0.3 is 0 Å². The molecule has 0 saturated carbocycles. The highest BCUT2D eigenvalue weighted by molar-refractivity contribution is 6.33. The number of hydrogen-bond acceptors (Lipinski definition) is 2. The van der Waals surface area contributed by atoms with Crippen LogP contribution in [0.25, 0.3) is 0 Å². The third-order valence-electron chi connectivity index (χ3n) is 4.81. The minimum absolute atomic E-state index is 0.0306. The number of anilines is 1. The van der Waals surface area contributed by atoms with Gasteiger partial charge in [-0.1, -0.05) is 71.7 Å². The first-order valence-electron chi connectivity index (χ1n) is 8.69. The Bertz CT molecular complexity index is 991. The number of hydrogen-bond donors (Lipinski definition) is 0. The van der Waals surface area contributed by atoms with Gasteiger partial charge in [-0.05, 0) is 41.0 Å². The van der Waals surface area contributed by atoms with Crippen molar-refractivity contribution in [3.05, 3.63) is 99.5 Å². The van der Waals surface area contributed by atoms with Gasteiger partial charge in [0.1, 0.15) is 0 Å². The number of amides is 1. The van der Waals surface area contributed by atoms with Crippen LogP contribution in [0, 0.1) is 0 Å². The Morgan fingerprint density at radius 1 is 0.963 bits per heavy atom. The number of rotatable bonds is 4. The molecule has 0 saturated heterocycles. The molecule has 1 heterocycles. The molecule has 0 radical (unpaired) electrons. The SMILES string of the molecule is CN(Cc1cc(Cl)ccc1Cl)N1C(=O)[C@H](c2ccccc2)c2ccccc21. The van der Waals surface area contributed by atoms with Crippen molar-refractivity contribution in [1.82, 2.24) is 5.01 Å². The van der Waals surface area contributed by atoms with Crippen LogP contribution in [0.2, 0.25) is 10.0 Å². The maximum atomic E-state index is 13.4. The highest BCUT2D eigenvalue weighted by Crippen LogP contribution is 2.41. The van der Waals surface area contributed by atoms with Crippen molar-refractivity contribution in [2.45, 2.75) is 12.5 Å². The van der Waals surface area contributed by atoms with Crippen LogP contribution in [0.3, 0.4) is 0 Å². The Morgan fingerprint density at radius 3 is 2.44 bits per heavy atom. The third kappa shape index (κ3) is 3.34. The summed E-state index contributed by atoms with van der Waals surface area (Å²) in [5.41, 5.74) is 3.78. The van der Waals surface area contributed by atoms with E-state index in [1.54, 1.807) is 17.1 Å². The van der Waals surface area contributed by atoms with Crippen LogP contribution < -0.4 is 5.01 Å². The monoisotopic (exact) mass is 396 g/mol. The van der Waals surface area contributed by atoms with Crippen LogP contribution in [0.1, 0.15) is 22.6 Å². The molecule has 0 aromatic heterocycles. The van der Waals surface area contributed by atoms with Gasteiger partial charge in [0.15, 0.2) is 0 Å². The highest BCUT2D eigenvalue weighted by atomic mass is 35.5. The zero-order chi connectivity index (χ0) is 19.0. The van der Waals surface area contributed by atoms with E-state index < -0.39 is 0 Å². The summed E-state index contributed by atoms with van der Waals surface area (Å²) in [6.07, 6.45) is 0. The Hall–Kier alpha value is -2.33. The number of carbonyl (C=O) groups is 1. The predicted octanol–water partition coefficient (Wildman–Crippen LogP) is 5.52. The lowest BCUT2D eigenvalue weighted by molar-refractivity contribution is -0.121. The number of fused-ring (bicyclic) bond motifs is 1. The summed E-state index contributed by atoms with van der Waals surface area (Å²) in [5, 5.41) is 4.88. The van der Waals surface area contributed by atoms with E-state index in [9.17, 15) is 4.79 Å². The van der Waals surface area contributed by atoms with Gasteiger partial charge in [0, 0.05) is 23.6 Å². The topological polar surface area (TPSA) is 23.6 Å². The first-order chi connectivity index (χ1) is 13.1. The molecule has 1 amide bonds. The van der Waals surface area contributed by atoms with Crippen LogP contribution >= 0.6 is 23.2 Å². The highest BCUT2D eigenvalue weighted by Gasteiger charge is 2.40. The first kappa shape index (κ1) is 18.1. The molecule has 1 aliphatic rings. The Labute approximate surface area is 168 Å². The van der Waals surface area contributed by atoms with E-state index in [4.69, 9.17) is 23.2 Å². The van der Waals surface area contributed by atoms with Crippen molar-refractivity contribution in [3.8, 4) is 0 Å². The van der Waals surface area contributed by atoms with E-state index in [0.29, 0.717) is 16.6 Å². The summed E-state index contributed by atoms with van der Waals surface area (Å²) in [6, 6.07) is 23.2. The van der Waals surface area contributed by atoms with Crippen LogP contribution in [-0.2, 0) is 11.3 Å². The van der Waals surface area contributed by atoms with E-state index in [0.717, 1.165) is 22.4 Å². The van der Waals surface area contributed by atoms with Crippen LogP contribution in [0.15, 0.2) is 72.8 Å². The van der Waals surface area contributed by atoms with Gasteiger partial charge in [-0.2, -0.15) is 0 Å². The van der Waals surface area contributed by atoms with Gasteiger partial charge in [-0.25, -0.2) is 10.0 Å². The standard InChI is InChI=1S/C22H18Cl2N2O/c1-25(14-16-13-17(23)11-12-19(16)24)26-20-10-6-5-9-18(20)21(22(26)27)15-7-3-2-4-8-15/h2-13,21H,14H2,1H3/t21-/m1/s1. The van der Waals surface area contributed by atoms with Gasteiger partial charge in [-0.3, -0.25) is 4.79 Å². The predicted molar refractivity (Wildman–Crippen MR) is 110 cm³/mol. The van der Waals surface area contributed by atoms with E-state index in [2.05, 4.69) is 0 Å². The van der Waals surface area contributed by atoms with Gasteiger partial charge in [0.05, 0.1) is 11.6 Å². The number of carbonyl (C=O) groups excluding carboxylic acids is 1. The summed E-state index contributed by atoms with van der Waals surface area (Å²) in [4.78, 5) is 13.4. The molecule has 136 valence electrons. The van der Waals surface area contributed by atoms with Crippen LogP contribution in [0.5, 0.6) is 0 Å². The molecular weight excluding hydrogens is 379 g/mol. The summed E-state index contributed by atoms with van der Waals surface area (Å²) in [7, 11) is 1.89. The summed E-state index contributed by atoms with van der Waals surface area (Å²) < 4.78 is 0. The number of hydrazine groups is 1. The van der Waals surface area contributed by atoms with Crippen LogP contribution in [0.4, 0.5) is 5.69 Å². The molecule has 0 spiro atoms. The fraction of sp³-hybridized carbons (Fsp3) is 0.136. The molecular formula is C22H18Cl2N2O. The lowest BCUT2D eigenvalue weighted by Crippen LogP contribution is -2.42. The third-order valence-corrected chi connectivity index (χ3v) is 5.42. The maximum absolute atomic E-state index is 13.4. The average Bonchev–Trinajstić information content (AvgIpc) is 2.97. The fourth-order valence-electron chi connectivity index (χ4n) is 3.60. The molecule has 3 nitrogen and oxygen atoms in total. The summed E-state index contributed by atoms with van der Waals surface area (Å²) >= 11 is 12.4. The molecule has 0 bridgehead atoms. The Morgan fingerprint density at radius 2 is 1.67 bits per heavy atom. The van der Waals surface area contributed by atoms with E-state index in [-0.39, 0.29) is 11.8 Å². The first-order valence-corrected chi connectivity index (χ1v) is 9.44. The number of halogens is 2. The van der Waals surface area contributed by atoms with E-state index >= 15 is 0 Å². The van der Waals surface area contributed by atoms with Crippen molar-refractivity contribution in [3.63, 3.8) is 0 Å². The Kier molecular flexibility index (Phi) is 4.92. The summed E-state index contributed by atoms with van der Waals surface area (Å²) in [6.45, 7) is 0.473. The molecule has 1 atom stereocenters. The molecule has 5 heteroatoms. The van der Waals surface area contributed by atoms with Crippen molar-refractivity contribution in [1.29, 1.82) is 0 Å². The second kappa shape index (κ2) is 7.35. The zero-order valence-electron chi connectivity index (χ0n) is 14.8. The largest absolute Gasteiger partial charge is 0.272 e. The van der Waals surface area contributed by atoms with Gasteiger partial charge >= 0.3 is 0 Å². The zero-order valence-corrected chi connectivity index (χ0v) is 16.3. The van der Waals surface area contributed by atoms with Crippen molar-refractivity contribution in [2.75, 3.05) is 12.1 Å².